The molecule has 0 aliphatic rings. The van der Waals surface area contributed by atoms with E-state index in [9.17, 15) is 8.78 Å². The van der Waals surface area contributed by atoms with Gasteiger partial charge in [0.2, 0.25) is 0 Å². The van der Waals surface area contributed by atoms with Gasteiger partial charge in [-0.15, -0.1) is 0 Å². The van der Waals surface area contributed by atoms with Crippen LogP contribution in [0.15, 0.2) is 6.20 Å². The van der Waals surface area contributed by atoms with Crippen molar-refractivity contribution in [2.24, 2.45) is 0 Å². The lowest BCUT2D eigenvalue weighted by Crippen LogP contribution is -1.97. The van der Waals surface area contributed by atoms with Gasteiger partial charge in [-0.3, -0.25) is 4.98 Å². The number of hydrogen-bond acceptors (Lipinski definition) is 1. The highest BCUT2D eigenvalue weighted by atomic mass is 35.5. The number of rotatable bonds is 1. The van der Waals surface area contributed by atoms with E-state index in [0.29, 0.717) is 6.32 Å². The molecular weight excluding hydrogens is 170 g/mol. The quantitative estimate of drug-likeness (QED) is 0.584. The summed E-state index contributed by atoms with van der Waals surface area (Å²) < 4.78 is 25.3. The molecule has 1 aromatic rings. The van der Waals surface area contributed by atoms with Crippen LogP contribution in [0.25, 0.3) is 0 Å². The summed E-state index contributed by atoms with van der Waals surface area (Å²) in [4.78, 5) is 3.52. The van der Waals surface area contributed by atoms with Crippen molar-refractivity contribution in [3.63, 3.8) is 0 Å². The van der Waals surface area contributed by atoms with Crippen LogP contribution < -0.4 is 0 Å². The lowest BCUT2D eigenvalue weighted by atomic mass is 10.0. The van der Waals surface area contributed by atoms with Crippen molar-refractivity contribution in [1.29, 1.82) is 0 Å². The van der Waals surface area contributed by atoms with Crippen LogP contribution in [0.4, 0.5) is 8.78 Å². The van der Waals surface area contributed by atoms with Gasteiger partial charge < -0.3 is 0 Å². The van der Waals surface area contributed by atoms with Gasteiger partial charge in [0.25, 0.3) is 0 Å². The highest BCUT2D eigenvalue weighted by molar-refractivity contribution is 6.30. The molecule has 0 aliphatic heterocycles. The van der Waals surface area contributed by atoms with Crippen LogP contribution in [0.3, 0.4) is 0 Å². The standard InChI is InChI=1S/C6H5BClF2N/c7-1-4-6(10)5(8)3(9)2-11-4/h2H,1,7H2. The Morgan fingerprint density at radius 1 is 1.55 bits per heavy atom. The van der Waals surface area contributed by atoms with Crippen molar-refractivity contribution in [1.82, 2.24) is 4.98 Å². The molecule has 0 saturated heterocycles. The number of aromatic nitrogens is 1. The zero-order valence-electron chi connectivity index (χ0n) is 5.87. The fourth-order valence-corrected chi connectivity index (χ4v) is 0.884. The molecule has 5 heteroatoms. The molecule has 1 rings (SSSR count). The van der Waals surface area contributed by atoms with Gasteiger partial charge in [0.15, 0.2) is 11.6 Å². The molecular formula is C6H5BClF2N. The molecule has 0 fully saturated rings. The fraction of sp³-hybridized carbons (Fsp3) is 0.167. The number of nitrogens with zero attached hydrogens (tertiary/aromatic N) is 1. The molecule has 11 heavy (non-hydrogen) atoms. The third-order valence-electron chi connectivity index (χ3n) is 1.32. The third-order valence-corrected chi connectivity index (χ3v) is 1.67. The van der Waals surface area contributed by atoms with Gasteiger partial charge in [-0.2, -0.15) is 0 Å². The molecule has 58 valence electrons. The average molecular weight is 175 g/mol. The van der Waals surface area contributed by atoms with Crippen LogP contribution >= 0.6 is 11.6 Å². The van der Waals surface area contributed by atoms with Crippen LogP contribution in [0.2, 0.25) is 5.02 Å². The van der Waals surface area contributed by atoms with Crippen molar-refractivity contribution in [3.8, 4) is 0 Å². The molecule has 0 unspecified atom stereocenters. The number of pyridine rings is 1. The van der Waals surface area contributed by atoms with Gasteiger partial charge in [0.1, 0.15) is 12.9 Å². The number of hydrogen-bond donors (Lipinski definition) is 0. The van der Waals surface area contributed by atoms with Gasteiger partial charge in [-0.05, 0) is 6.32 Å². The summed E-state index contributed by atoms with van der Waals surface area (Å²) >= 11 is 5.27. The first kappa shape index (κ1) is 8.46. The molecule has 0 bridgehead atoms. The molecule has 0 atom stereocenters. The van der Waals surface area contributed by atoms with Crippen LogP contribution in [0.1, 0.15) is 5.69 Å². The molecule has 0 N–H and O–H groups in total. The van der Waals surface area contributed by atoms with Crippen LogP contribution in [0, 0.1) is 11.6 Å². The van der Waals surface area contributed by atoms with Crippen molar-refractivity contribution >= 4 is 19.4 Å². The van der Waals surface area contributed by atoms with E-state index in [0.717, 1.165) is 6.20 Å². The molecule has 1 heterocycles. The van der Waals surface area contributed by atoms with E-state index in [-0.39, 0.29) is 5.69 Å². The minimum atomic E-state index is -0.818. The van der Waals surface area contributed by atoms with Gasteiger partial charge in [-0.1, -0.05) is 11.6 Å². The van der Waals surface area contributed by atoms with E-state index in [2.05, 4.69) is 4.98 Å². The summed E-state index contributed by atoms with van der Waals surface area (Å²) in [5.74, 6) is -1.57. The summed E-state index contributed by atoms with van der Waals surface area (Å²) in [6, 6.07) is 0. The predicted octanol–water partition coefficient (Wildman–Crippen LogP) is 1.15. The van der Waals surface area contributed by atoms with Crippen LogP contribution in [-0.2, 0) is 6.32 Å². The lowest BCUT2D eigenvalue weighted by Gasteiger charge is -1.99. The van der Waals surface area contributed by atoms with E-state index >= 15 is 0 Å². The van der Waals surface area contributed by atoms with E-state index in [1.54, 1.807) is 7.85 Å². The summed E-state index contributed by atoms with van der Waals surface area (Å²) in [5.41, 5.74) is 0.191. The average Bonchev–Trinajstić information content (AvgIpc) is 2.01. The smallest absolute Gasteiger partial charge is 0.165 e. The largest absolute Gasteiger partial charge is 0.256 e. The van der Waals surface area contributed by atoms with Crippen molar-refractivity contribution < 1.29 is 8.78 Å². The third kappa shape index (κ3) is 1.51. The zero-order chi connectivity index (χ0) is 8.43. The first-order valence-electron chi connectivity index (χ1n) is 3.15. The molecule has 1 aromatic heterocycles. The fourth-order valence-electron chi connectivity index (χ4n) is 0.726. The molecule has 0 aromatic carbocycles. The Balaban J connectivity index is 3.25. The van der Waals surface area contributed by atoms with E-state index in [1.807, 2.05) is 0 Å². The Morgan fingerprint density at radius 3 is 2.73 bits per heavy atom. The highest BCUT2D eigenvalue weighted by Gasteiger charge is 2.10. The molecule has 0 amide bonds. The summed E-state index contributed by atoms with van der Waals surface area (Å²) in [5, 5.41) is -0.475. The Bertz CT molecular complexity index is 280. The molecule has 0 spiro atoms. The SMILES string of the molecule is BCc1ncc(F)c(Cl)c1F. The summed E-state index contributed by atoms with van der Waals surface area (Å²) in [6.07, 6.45) is 1.33. The van der Waals surface area contributed by atoms with Gasteiger partial charge in [0.05, 0.1) is 11.9 Å². The van der Waals surface area contributed by atoms with E-state index < -0.39 is 16.7 Å². The molecule has 0 saturated carbocycles. The van der Waals surface area contributed by atoms with Crippen molar-refractivity contribution in [3.05, 3.63) is 28.5 Å². The minimum absolute atomic E-state index is 0.191. The lowest BCUT2D eigenvalue weighted by molar-refractivity contribution is 0.564. The normalized spacial score (nSPS) is 10.1. The first-order chi connectivity index (χ1) is 5.16. The Morgan fingerprint density at radius 2 is 2.18 bits per heavy atom. The topological polar surface area (TPSA) is 12.9 Å². The van der Waals surface area contributed by atoms with Gasteiger partial charge in [-0.25, -0.2) is 8.78 Å². The van der Waals surface area contributed by atoms with Crippen molar-refractivity contribution in [2.45, 2.75) is 6.32 Å². The summed E-state index contributed by atoms with van der Waals surface area (Å²) in [7, 11) is 1.72. The van der Waals surface area contributed by atoms with Gasteiger partial charge >= 0.3 is 0 Å². The number of halogens is 3. The minimum Gasteiger partial charge on any atom is -0.256 e. The zero-order valence-corrected chi connectivity index (χ0v) is 6.62. The summed E-state index contributed by atoms with van der Waals surface area (Å²) in [6.45, 7) is 0. The molecule has 1 nitrogen and oxygen atoms in total. The first-order valence-corrected chi connectivity index (χ1v) is 3.53. The Kier molecular flexibility index (Phi) is 2.44. The second-order valence-corrected chi connectivity index (χ2v) is 2.41. The molecule has 0 radical (unpaired) electrons. The Hall–Kier alpha value is -0.635. The maximum absolute atomic E-state index is 12.8. The monoisotopic (exact) mass is 175 g/mol. The highest BCUT2D eigenvalue weighted by Crippen LogP contribution is 2.19. The van der Waals surface area contributed by atoms with E-state index in [4.69, 9.17) is 11.6 Å². The maximum atomic E-state index is 12.8. The van der Waals surface area contributed by atoms with E-state index in [1.165, 1.54) is 0 Å². The second kappa shape index (κ2) is 3.18. The predicted molar refractivity (Wildman–Crippen MR) is 41.4 cm³/mol. The Labute approximate surface area is 68.8 Å². The van der Waals surface area contributed by atoms with Crippen LogP contribution in [-0.4, -0.2) is 12.8 Å². The van der Waals surface area contributed by atoms with Crippen LogP contribution in [0.5, 0.6) is 0 Å². The molecule has 0 aliphatic carbocycles. The van der Waals surface area contributed by atoms with Crippen molar-refractivity contribution in [2.75, 3.05) is 0 Å². The maximum Gasteiger partial charge on any atom is 0.165 e. The second-order valence-electron chi connectivity index (χ2n) is 2.03. The van der Waals surface area contributed by atoms with Gasteiger partial charge in [0, 0.05) is 0 Å².